The Labute approximate surface area is 184 Å². The van der Waals surface area contributed by atoms with Crippen LogP contribution in [0.2, 0.25) is 10.0 Å². The Balaban J connectivity index is 1.62. The first-order valence-electron chi connectivity index (χ1n) is 9.46. The number of anilines is 1. The molecule has 0 bridgehead atoms. The number of carbonyl (C=O) groups excluding carboxylic acids is 2. The molecule has 152 valence electrons. The molecule has 3 aromatic rings. The summed E-state index contributed by atoms with van der Waals surface area (Å²) in [5.74, 6) is -0.917. The van der Waals surface area contributed by atoms with Crippen LogP contribution >= 0.6 is 23.2 Å². The van der Waals surface area contributed by atoms with E-state index in [1.165, 1.54) is 0 Å². The zero-order valence-corrected chi connectivity index (χ0v) is 17.6. The van der Waals surface area contributed by atoms with E-state index in [0.717, 1.165) is 11.1 Å². The number of aryl methyl sites for hydroxylation is 1. The van der Waals surface area contributed by atoms with Gasteiger partial charge in [0.15, 0.2) is 0 Å². The van der Waals surface area contributed by atoms with Crippen molar-refractivity contribution in [3.63, 3.8) is 0 Å². The molecule has 1 aliphatic carbocycles. The van der Waals surface area contributed by atoms with Crippen LogP contribution in [-0.4, -0.2) is 28.6 Å². The van der Waals surface area contributed by atoms with E-state index in [4.69, 9.17) is 23.2 Å². The number of carbonyl (C=O) groups is 2. The molecule has 1 saturated carbocycles. The smallest absolute Gasteiger partial charge is 0.224 e. The highest BCUT2D eigenvalue weighted by molar-refractivity contribution is 6.49. The van der Waals surface area contributed by atoms with Crippen LogP contribution < -0.4 is 10.6 Å². The van der Waals surface area contributed by atoms with Gasteiger partial charge in [0, 0.05) is 16.9 Å². The average molecular weight is 440 g/mol. The minimum Gasteiger partial charge on any atom is -0.373 e. The Morgan fingerprint density at radius 1 is 0.900 bits per heavy atom. The number of pyridine rings is 1. The van der Waals surface area contributed by atoms with Gasteiger partial charge < -0.3 is 5.32 Å². The molecule has 30 heavy (non-hydrogen) atoms. The lowest BCUT2D eigenvalue weighted by atomic mass is 9.81. The lowest BCUT2D eigenvalue weighted by Crippen LogP contribution is -2.67. The second kappa shape index (κ2) is 8.56. The zero-order valence-electron chi connectivity index (χ0n) is 16.1. The van der Waals surface area contributed by atoms with Gasteiger partial charge in [-0.2, -0.15) is 0 Å². The second-order valence-electron chi connectivity index (χ2n) is 7.25. The average Bonchev–Trinajstić information content (AvgIpc) is 2.75. The summed E-state index contributed by atoms with van der Waals surface area (Å²) >= 11 is 12.0. The molecule has 0 aliphatic heterocycles. The summed E-state index contributed by atoms with van der Waals surface area (Å²) in [6.07, 6.45) is 1.56. The summed E-state index contributed by atoms with van der Waals surface area (Å²) in [5.41, 5.74) is 3.44. The van der Waals surface area contributed by atoms with Crippen molar-refractivity contribution in [2.24, 2.45) is 0 Å². The number of nitrogens with one attached hydrogen (secondary N) is 2. The summed E-state index contributed by atoms with van der Waals surface area (Å²) in [5, 5.41) is 7.51. The SMILES string of the molecule is Cc1ccc([C@H](NC2C(=O)C(=O)C2Nc2cccc(Cl)c2)c2ccc(Cl)cn2)cc1. The van der Waals surface area contributed by atoms with E-state index in [1.807, 2.05) is 37.3 Å². The van der Waals surface area contributed by atoms with Crippen LogP contribution in [0.15, 0.2) is 66.9 Å². The molecule has 0 amide bonds. The Bertz CT molecular complexity index is 1040. The van der Waals surface area contributed by atoms with Gasteiger partial charge in [0.25, 0.3) is 0 Å². The van der Waals surface area contributed by atoms with E-state index in [1.54, 1.807) is 36.5 Å². The van der Waals surface area contributed by atoms with Crippen LogP contribution in [0.3, 0.4) is 0 Å². The fraction of sp³-hybridized carbons (Fsp3) is 0.174. The Morgan fingerprint density at radius 2 is 1.63 bits per heavy atom. The molecule has 1 heterocycles. The van der Waals surface area contributed by atoms with Gasteiger partial charge in [-0.3, -0.25) is 19.9 Å². The second-order valence-corrected chi connectivity index (χ2v) is 8.12. The van der Waals surface area contributed by atoms with E-state index in [-0.39, 0.29) is 6.04 Å². The number of nitrogens with zero attached hydrogens (tertiary/aromatic N) is 1. The number of hydrogen-bond donors (Lipinski definition) is 2. The molecule has 2 unspecified atom stereocenters. The monoisotopic (exact) mass is 439 g/mol. The van der Waals surface area contributed by atoms with E-state index in [2.05, 4.69) is 15.6 Å². The molecule has 2 aromatic carbocycles. The summed E-state index contributed by atoms with van der Waals surface area (Å²) in [6, 6.07) is 16.8. The number of Topliss-reactive ketones (excluding diaryl/α,β-unsaturated/α-hetero) is 2. The van der Waals surface area contributed by atoms with Crippen molar-refractivity contribution < 1.29 is 9.59 Å². The molecule has 0 radical (unpaired) electrons. The third kappa shape index (κ3) is 4.24. The lowest BCUT2D eigenvalue weighted by molar-refractivity contribution is -0.145. The van der Waals surface area contributed by atoms with E-state index in [0.29, 0.717) is 21.4 Å². The van der Waals surface area contributed by atoms with Crippen molar-refractivity contribution in [3.05, 3.63) is 93.7 Å². The van der Waals surface area contributed by atoms with E-state index >= 15 is 0 Å². The quantitative estimate of drug-likeness (QED) is 0.557. The summed E-state index contributed by atoms with van der Waals surface area (Å²) in [7, 11) is 0. The Hall–Kier alpha value is -2.73. The van der Waals surface area contributed by atoms with Crippen molar-refractivity contribution in [2.75, 3.05) is 5.32 Å². The fourth-order valence-corrected chi connectivity index (χ4v) is 3.74. The van der Waals surface area contributed by atoms with Gasteiger partial charge in [-0.25, -0.2) is 0 Å². The molecule has 1 aliphatic rings. The van der Waals surface area contributed by atoms with Gasteiger partial charge in [0.1, 0.15) is 12.1 Å². The normalized spacial score (nSPS) is 19.3. The van der Waals surface area contributed by atoms with Crippen LogP contribution in [0, 0.1) is 6.92 Å². The molecule has 0 saturated heterocycles. The molecule has 3 atom stereocenters. The summed E-state index contributed by atoms with van der Waals surface area (Å²) in [6.45, 7) is 2.01. The third-order valence-electron chi connectivity index (χ3n) is 5.09. The number of halogens is 2. The first kappa shape index (κ1) is 20.5. The first-order valence-corrected chi connectivity index (χ1v) is 10.2. The predicted molar refractivity (Wildman–Crippen MR) is 118 cm³/mol. The lowest BCUT2D eigenvalue weighted by Gasteiger charge is -2.37. The van der Waals surface area contributed by atoms with Gasteiger partial charge in [-0.1, -0.05) is 59.1 Å². The largest absolute Gasteiger partial charge is 0.373 e. The number of rotatable bonds is 6. The predicted octanol–water partition coefficient (Wildman–Crippen LogP) is 4.38. The molecule has 1 aromatic heterocycles. The van der Waals surface area contributed by atoms with Crippen LogP contribution in [0.4, 0.5) is 5.69 Å². The van der Waals surface area contributed by atoms with Gasteiger partial charge in [0.05, 0.1) is 16.8 Å². The van der Waals surface area contributed by atoms with Crippen molar-refractivity contribution >= 4 is 40.5 Å². The minimum absolute atomic E-state index is 0.381. The van der Waals surface area contributed by atoms with Gasteiger partial charge >= 0.3 is 0 Å². The Morgan fingerprint density at radius 3 is 2.30 bits per heavy atom. The van der Waals surface area contributed by atoms with Crippen molar-refractivity contribution in [1.29, 1.82) is 0 Å². The molecule has 4 rings (SSSR count). The molecule has 2 N–H and O–H groups in total. The molecule has 0 spiro atoms. The Kier molecular flexibility index (Phi) is 5.86. The maximum atomic E-state index is 12.4. The highest BCUT2D eigenvalue weighted by Crippen LogP contribution is 2.27. The standard InChI is InChI=1S/C23H19Cl2N3O2/c1-13-5-7-14(8-6-13)19(18-10-9-16(25)12-26-18)28-21-20(22(29)23(21)30)27-17-4-2-3-15(24)11-17/h2-12,19-21,27-28H,1H3/t19-,20?,21?/m0/s1. The van der Waals surface area contributed by atoms with Gasteiger partial charge in [-0.15, -0.1) is 0 Å². The highest BCUT2D eigenvalue weighted by atomic mass is 35.5. The number of aromatic nitrogens is 1. The van der Waals surface area contributed by atoms with Crippen molar-refractivity contribution in [2.45, 2.75) is 25.0 Å². The maximum absolute atomic E-state index is 12.4. The highest BCUT2D eigenvalue weighted by Gasteiger charge is 2.50. The molecular weight excluding hydrogens is 421 g/mol. The zero-order chi connectivity index (χ0) is 21.3. The fourth-order valence-electron chi connectivity index (χ4n) is 3.44. The molecule has 1 fully saturated rings. The first-order chi connectivity index (χ1) is 14.4. The summed E-state index contributed by atoms with van der Waals surface area (Å²) < 4.78 is 0. The van der Waals surface area contributed by atoms with Crippen LogP contribution in [0.25, 0.3) is 0 Å². The third-order valence-corrected chi connectivity index (χ3v) is 5.55. The summed E-state index contributed by atoms with van der Waals surface area (Å²) in [4.78, 5) is 29.1. The van der Waals surface area contributed by atoms with Crippen molar-refractivity contribution in [1.82, 2.24) is 10.3 Å². The topological polar surface area (TPSA) is 71.1 Å². The van der Waals surface area contributed by atoms with E-state index in [9.17, 15) is 9.59 Å². The van der Waals surface area contributed by atoms with Gasteiger partial charge in [-0.05, 0) is 42.8 Å². The van der Waals surface area contributed by atoms with E-state index < -0.39 is 23.7 Å². The van der Waals surface area contributed by atoms with Crippen LogP contribution in [0.1, 0.15) is 22.9 Å². The van der Waals surface area contributed by atoms with Gasteiger partial charge in [0.2, 0.25) is 11.6 Å². The molecule has 5 nitrogen and oxygen atoms in total. The molecular formula is C23H19Cl2N3O2. The maximum Gasteiger partial charge on any atom is 0.224 e. The van der Waals surface area contributed by atoms with Crippen LogP contribution in [0.5, 0.6) is 0 Å². The van der Waals surface area contributed by atoms with Crippen LogP contribution in [-0.2, 0) is 9.59 Å². The number of ketones is 2. The molecule has 7 heteroatoms. The van der Waals surface area contributed by atoms with Crippen molar-refractivity contribution in [3.8, 4) is 0 Å². The number of benzene rings is 2. The minimum atomic E-state index is -0.694. The number of hydrogen-bond acceptors (Lipinski definition) is 5.